The number of carbonyl (C=O) groups is 1. The van der Waals surface area contributed by atoms with Gasteiger partial charge in [0.1, 0.15) is 5.82 Å². The second-order valence-electron chi connectivity index (χ2n) is 4.72. The van der Waals surface area contributed by atoms with Crippen molar-refractivity contribution >= 4 is 23.3 Å². The van der Waals surface area contributed by atoms with Gasteiger partial charge >= 0.3 is 5.97 Å². The zero-order valence-corrected chi connectivity index (χ0v) is 10.5. The molecule has 0 saturated heterocycles. The minimum absolute atomic E-state index is 0.0473. The molecular weight excluding hydrogens is 245 g/mol. The topological polar surface area (TPSA) is 49.3 Å². The lowest BCUT2D eigenvalue weighted by Crippen LogP contribution is -2.26. The number of hydrogen-bond acceptors (Lipinski definition) is 2. The maximum Gasteiger partial charge on any atom is 0.303 e. The Balaban J connectivity index is 2.60. The van der Waals surface area contributed by atoms with Crippen molar-refractivity contribution in [2.45, 2.75) is 20.3 Å². The van der Waals surface area contributed by atoms with Crippen molar-refractivity contribution in [1.82, 2.24) is 0 Å². The maximum absolute atomic E-state index is 12.9. The molecule has 1 aromatic carbocycles. The zero-order chi connectivity index (χ0) is 13.1. The summed E-state index contributed by atoms with van der Waals surface area (Å²) < 4.78 is 12.9. The summed E-state index contributed by atoms with van der Waals surface area (Å²) in [6.45, 7) is 4.17. The Hall–Kier alpha value is -1.29. The predicted octanol–water partition coefficient (Wildman–Crippen LogP) is 3.39. The number of halogens is 2. The van der Waals surface area contributed by atoms with Crippen LogP contribution in [0.3, 0.4) is 0 Å². The van der Waals surface area contributed by atoms with Crippen LogP contribution in [0, 0.1) is 11.2 Å². The standard InChI is InChI=1S/C12H15ClFNO2/c1-12(2,6-11(16)17)7-15-8-3-4-10(14)9(13)5-8/h3-5,15H,6-7H2,1-2H3,(H,16,17). The number of carboxylic acids is 1. The highest BCUT2D eigenvalue weighted by molar-refractivity contribution is 6.31. The fourth-order valence-electron chi connectivity index (χ4n) is 1.42. The lowest BCUT2D eigenvalue weighted by Gasteiger charge is -2.23. The van der Waals surface area contributed by atoms with E-state index in [0.29, 0.717) is 12.2 Å². The molecule has 94 valence electrons. The first-order valence-electron chi connectivity index (χ1n) is 5.21. The normalized spacial score (nSPS) is 11.3. The fourth-order valence-corrected chi connectivity index (χ4v) is 1.60. The van der Waals surface area contributed by atoms with Gasteiger partial charge in [0.05, 0.1) is 11.4 Å². The molecule has 3 nitrogen and oxygen atoms in total. The summed E-state index contributed by atoms with van der Waals surface area (Å²) in [6.07, 6.45) is 0.0644. The molecule has 0 saturated carbocycles. The van der Waals surface area contributed by atoms with Crippen LogP contribution in [0.4, 0.5) is 10.1 Å². The summed E-state index contributed by atoms with van der Waals surface area (Å²) in [4.78, 5) is 10.6. The average Bonchev–Trinajstić information content (AvgIpc) is 2.18. The first-order valence-corrected chi connectivity index (χ1v) is 5.59. The molecule has 0 aromatic heterocycles. The Morgan fingerprint density at radius 3 is 2.71 bits per heavy atom. The van der Waals surface area contributed by atoms with Crippen LogP contribution in [-0.2, 0) is 4.79 Å². The molecule has 0 fully saturated rings. The molecule has 0 unspecified atom stereocenters. The molecule has 1 rings (SSSR count). The van der Waals surface area contributed by atoms with Crippen LogP contribution in [0.5, 0.6) is 0 Å². The Labute approximate surface area is 105 Å². The van der Waals surface area contributed by atoms with Crippen molar-refractivity contribution in [3.05, 3.63) is 29.0 Å². The molecule has 1 aromatic rings. The van der Waals surface area contributed by atoms with Gasteiger partial charge in [-0.25, -0.2) is 4.39 Å². The number of hydrogen-bond donors (Lipinski definition) is 2. The number of aliphatic carboxylic acids is 1. The van der Waals surface area contributed by atoms with E-state index in [1.54, 1.807) is 6.07 Å². The van der Waals surface area contributed by atoms with Crippen molar-refractivity contribution in [3.63, 3.8) is 0 Å². The van der Waals surface area contributed by atoms with Crippen molar-refractivity contribution in [2.24, 2.45) is 5.41 Å². The molecule has 17 heavy (non-hydrogen) atoms. The summed E-state index contributed by atoms with van der Waals surface area (Å²) in [7, 11) is 0. The molecular formula is C12H15ClFNO2. The Bertz CT molecular complexity index is 421. The minimum Gasteiger partial charge on any atom is -0.481 e. The highest BCUT2D eigenvalue weighted by Crippen LogP contribution is 2.23. The predicted molar refractivity (Wildman–Crippen MR) is 65.9 cm³/mol. The lowest BCUT2D eigenvalue weighted by molar-refractivity contribution is -0.139. The van der Waals surface area contributed by atoms with Gasteiger partial charge < -0.3 is 10.4 Å². The number of rotatable bonds is 5. The van der Waals surface area contributed by atoms with Gasteiger partial charge in [-0.2, -0.15) is 0 Å². The van der Waals surface area contributed by atoms with Crippen LogP contribution >= 0.6 is 11.6 Å². The maximum atomic E-state index is 12.9. The summed E-state index contributed by atoms with van der Waals surface area (Å²) in [5.41, 5.74) is 0.294. The van der Waals surface area contributed by atoms with Crippen LogP contribution in [-0.4, -0.2) is 17.6 Å². The first-order chi connectivity index (χ1) is 7.80. The quantitative estimate of drug-likeness (QED) is 0.852. The fraction of sp³-hybridized carbons (Fsp3) is 0.417. The summed E-state index contributed by atoms with van der Waals surface area (Å²) >= 11 is 5.64. The molecule has 0 heterocycles. The van der Waals surface area contributed by atoms with Crippen LogP contribution in [0.2, 0.25) is 5.02 Å². The van der Waals surface area contributed by atoms with E-state index in [4.69, 9.17) is 16.7 Å². The number of benzene rings is 1. The van der Waals surface area contributed by atoms with Gasteiger partial charge in [0.15, 0.2) is 0 Å². The van der Waals surface area contributed by atoms with Crippen LogP contribution in [0.1, 0.15) is 20.3 Å². The van der Waals surface area contributed by atoms with E-state index in [0.717, 1.165) is 0 Å². The Morgan fingerprint density at radius 1 is 1.53 bits per heavy atom. The number of nitrogens with one attached hydrogen (secondary N) is 1. The molecule has 0 spiro atoms. The van der Waals surface area contributed by atoms with E-state index in [-0.39, 0.29) is 16.9 Å². The van der Waals surface area contributed by atoms with E-state index < -0.39 is 11.8 Å². The van der Waals surface area contributed by atoms with Gasteiger partial charge in [0, 0.05) is 12.2 Å². The SMILES string of the molecule is CC(C)(CNc1ccc(F)c(Cl)c1)CC(=O)O. The molecule has 0 bridgehead atoms. The van der Waals surface area contributed by atoms with Gasteiger partial charge in [-0.05, 0) is 23.6 Å². The minimum atomic E-state index is -0.839. The Kier molecular flexibility index (Phi) is 4.34. The third kappa shape index (κ3) is 4.61. The highest BCUT2D eigenvalue weighted by Gasteiger charge is 2.21. The van der Waals surface area contributed by atoms with Gasteiger partial charge in [0.25, 0.3) is 0 Å². The smallest absolute Gasteiger partial charge is 0.303 e. The molecule has 0 radical (unpaired) electrons. The summed E-state index contributed by atoms with van der Waals surface area (Å²) in [5.74, 6) is -1.31. The molecule has 2 N–H and O–H groups in total. The van der Waals surface area contributed by atoms with Crippen molar-refractivity contribution in [2.75, 3.05) is 11.9 Å². The van der Waals surface area contributed by atoms with Crippen LogP contribution in [0.25, 0.3) is 0 Å². The van der Waals surface area contributed by atoms with Crippen molar-refractivity contribution in [1.29, 1.82) is 0 Å². The number of anilines is 1. The second kappa shape index (κ2) is 5.36. The molecule has 0 atom stereocenters. The van der Waals surface area contributed by atoms with Crippen LogP contribution < -0.4 is 5.32 Å². The van der Waals surface area contributed by atoms with E-state index in [1.165, 1.54) is 12.1 Å². The summed E-state index contributed by atoms with van der Waals surface area (Å²) in [5, 5.41) is 11.8. The van der Waals surface area contributed by atoms with E-state index >= 15 is 0 Å². The second-order valence-corrected chi connectivity index (χ2v) is 5.12. The summed E-state index contributed by atoms with van der Waals surface area (Å²) in [6, 6.07) is 4.32. The van der Waals surface area contributed by atoms with Gasteiger partial charge in [0.2, 0.25) is 0 Å². The monoisotopic (exact) mass is 259 g/mol. The van der Waals surface area contributed by atoms with Gasteiger partial charge in [-0.15, -0.1) is 0 Å². The molecule has 0 aliphatic rings. The van der Waals surface area contributed by atoms with Gasteiger partial charge in [-0.3, -0.25) is 4.79 Å². The molecule has 0 amide bonds. The third-order valence-electron chi connectivity index (χ3n) is 2.32. The van der Waals surface area contributed by atoms with Crippen LogP contribution in [0.15, 0.2) is 18.2 Å². The van der Waals surface area contributed by atoms with Gasteiger partial charge in [-0.1, -0.05) is 25.4 Å². The molecule has 0 aliphatic heterocycles. The average molecular weight is 260 g/mol. The van der Waals surface area contributed by atoms with E-state index in [9.17, 15) is 9.18 Å². The van der Waals surface area contributed by atoms with Crippen molar-refractivity contribution in [3.8, 4) is 0 Å². The largest absolute Gasteiger partial charge is 0.481 e. The highest BCUT2D eigenvalue weighted by atomic mass is 35.5. The zero-order valence-electron chi connectivity index (χ0n) is 9.76. The lowest BCUT2D eigenvalue weighted by atomic mass is 9.89. The molecule has 5 heteroatoms. The first kappa shape index (κ1) is 13.8. The van der Waals surface area contributed by atoms with Crippen molar-refractivity contribution < 1.29 is 14.3 Å². The molecule has 0 aliphatic carbocycles. The van der Waals surface area contributed by atoms with E-state index in [1.807, 2.05) is 13.8 Å². The third-order valence-corrected chi connectivity index (χ3v) is 2.61. The number of carboxylic acid groups (broad SMARTS) is 1. The Morgan fingerprint density at radius 2 is 2.18 bits per heavy atom. The van der Waals surface area contributed by atoms with E-state index in [2.05, 4.69) is 5.32 Å².